The van der Waals surface area contributed by atoms with Crippen LogP contribution in [0.4, 0.5) is 8.78 Å². The summed E-state index contributed by atoms with van der Waals surface area (Å²) in [5, 5.41) is 0. The zero-order chi connectivity index (χ0) is 17.4. The molecule has 0 amide bonds. The monoisotopic (exact) mass is 322 g/mol. The molecule has 0 bridgehead atoms. The number of aromatic nitrogens is 2. The van der Waals surface area contributed by atoms with Gasteiger partial charge in [0.2, 0.25) is 0 Å². The Balaban J connectivity index is 0.000000816. The van der Waals surface area contributed by atoms with Crippen LogP contribution in [0.3, 0.4) is 0 Å². The molecule has 23 heavy (non-hydrogen) atoms. The van der Waals surface area contributed by atoms with Crippen molar-refractivity contribution in [3.63, 3.8) is 0 Å². The molecule has 1 heterocycles. The van der Waals surface area contributed by atoms with E-state index in [1.165, 1.54) is 6.42 Å². The van der Waals surface area contributed by atoms with Crippen LogP contribution < -0.4 is 0 Å². The number of Topliss-reactive ketones (excluding diaryl/α,β-unsaturated/α-hetero) is 1. The second-order valence-corrected chi connectivity index (χ2v) is 5.44. The predicted molar refractivity (Wildman–Crippen MR) is 87.7 cm³/mol. The highest BCUT2D eigenvalue weighted by Crippen LogP contribution is 2.14. The molecule has 0 spiro atoms. The van der Waals surface area contributed by atoms with Gasteiger partial charge in [0.05, 0.1) is 17.7 Å². The van der Waals surface area contributed by atoms with E-state index in [2.05, 4.69) is 23.8 Å². The Kier molecular flexibility index (Phi) is 7.59. The molecule has 0 aliphatic rings. The van der Waals surface area contributed by atoms with E-state index in [4.69, 9.17) is 0 Å². The Hall–Kier alpha value is -2.04. The number of aromatic amines is 1. The lowest BCUT2D eigenvalue weighted by Gasteiger charge is -2.01. The molecule has 0 saturated carbocycles. The van der Waals surface area contributed by atoms with Crippen LogP contribution in [-0.2, 0) is 12.8 Å². The topological polar surface area (TPSA) is 45.8 Å². The van der Waals surface area contributed by atoms with Crippen LogP contribution in [0, 0.1) is 18.6 Å². The third-order valence-corrected chi connectivity index (χ3v) is 3.08. The summed E-state index contributed by atoms with van der Waals surface area (Å²) in [5.74, 6) is -1.44. The first-order valence-corrected chi connectivity index (χ1v) is 7.95. The highest BCUT2D eigenvalue weighted by molar-refractivity contribution is 5.97. The van der Waals surface area contributed by atoms with E-state index in [0.29, 0.717) is 11.9 Å². The number of rotatable bonds is 5. The third-order valence-electron chi connectivity index (χ3n) is 3.08. The summed E-state index contributed by atoms with van der Waals surface area (Å²) >= 11 is 0. The zero-order valence-corrected chi connectivity index (χ0v) is 14.2. The van der Waals surface area contributed by atoms with Crippen molar-refractivity contribution in [2.75, 3.05) is 0 Å². The Morgan fingerprint density at radius 3 is 2.43 bits per heavy atom. The molecule has 1 N–H and O–H groups in total. The van der Waals surface area contributed by atoms with Crippen molar-refractivity contribution in [1.29, 1.82) is 0 Å². The maximum Gasteiger partial charge on any atom is 0.173 e. The van der Waals surface area contributed by atoms with Crippen molar-refractivity contribution < 1.29 is 13.6 Å². The van der Waals surface area contributed by atoms with Crippen molar-refractivity contribution in [1.82, 2.24) is 9.97 Å². The number of aryl methyl sites for hydroxylation is 2. The van der Waals surface area contributed by atoms with Gasteiger partial charge in [-0.05, 0) is 25.5 Å². The number of hydrogen-bond donors (Lipinski definition) is 1. The molecule has 2 aromatic rings. The van der Waals surface area contributed by atoms with Gasteiger partial charge in [-0.25, -0.2) is 13.8 Å². The van der Waals surface area contributed by atoms with Crippen molar-refractivity contribution in [3.8, 4) is 0 Å². The Labute approximate surface area is 136 Å². The highest BCUT2D eigenvalue weighted by atomic mass is 19.1. The molecule has 3 nitrogen and oxygen atoms in total. The van der Waals surface area contributed by atoms with E-state index < -0.39 is 17.4 Å². The SMILES string of the molecule is CCC.CCCc1nc(CC(=O)c2ccc(F)cc2F)[nH]c1C. The molecule has 0 fully saturated rings. The van der Waals surface area contributed by atoms with Gasteiger partial charge in [-0.3, -0.25) is 4.79 Å². The average Bonchev–Trinajstić information content (AvgIpc) is 2.80. The molecule has 1 aromatic carbocycles. The fraction of sp³-hybridized carbons (Fsp3) is 0.444. The van der Waals surface area contributed by atoms with Gasteiger partial charge in [0.1, 0.15) is 17.5 Å². The standard InChI is InChI=1S/C15H16F2N2O.C3H8/c1-3-4-13-9(2)18-15(19-13)8-14(20)11-6-5-10(16)7-12(11)17;1-3-2/h5-7H,3-4,8H2,1-2H3,(H,18,19);3H2,1-2H3. The maximum absolute atomic E-state index is 13.5. The quantitative estimate of drug-likeness (QED) is 0.804. The second kappa shape index (κ2) is 9.18. The smallest absolute Gasteiger partial charge is 0.173 e. The van der Waals surface area contributed by atoms with Gasteiger partial charge in [-0.15, -0.1) is 0 Å². The van der Waals surface area contributed by atoms with E-state index in [1.807, 2.05) is 13.8 Å². The zero-order valence-electron chi connectivity index (χ0n) is 14.2. The fourth-order valence-electron chi connectivity index (χ4n) is 2.09. The number of benzene rings is 1. The largest absolute Gasteiger partial charge is 0.345 e. The Morgan fingerprint density at radius 2 is 1.87 bits per heavy atom. The summed E-state index contributed by atoms with van der Waals surface area (Å²) in [7, 11) is 0. The van der Waals surface area contributed by atoms with E-state index in [1.54, 1.807) is 0 Å². The number of ketones is 1. The summed E-state index contributed by atoms with van der Waals surface area (Å²) in [6.45, 7) is 8.19. The molecule has 1 aromatic heterocycles. The summed E-state index contributed by atoms with van der Waals surface area (Å²) in [5.41, 5.74) is 1.74. The molecule has 0 aliphatic heterocycles. The Bertz CT molecular complexity index is 650. The molecule has 2 rings (SSSR count). The van der Waals surface area contributed by atoms with Crippen LogP contribution >= 0.6 is 0 Å². The van der Waals surface area contributed by atoms with Crippen LogP contribution in [0.25, 0.3) is 0 Å². The molecule has 0 radical (unpaired) electrons. The van der Waals surface area contributed by atoms with Gasteiger partial charge in [0, 0.05) is 11.8 Å². The second-order valence-electron chi connectivity index (χ2n) is 5.44. The van der Waals surface area contributed by atoms with Crippen molar-refractivity contribution >= 4 is 5.78 Å². The van der Waals surface area contributed by atoms with Crippen molar-refractivity contribution in [2.24, 2.45) is 0 Å². The van der Waals surface area contributed by atoms with Crippen LogP contribution in [0.1, 0.15) is 61.2 Å². The molecule has 0 unspecified atom stereocenters. The number of halogens is 2. The van der Waals surface area contributed by atoms with Gasteiger partial charge >= 0.3 is 0 Å². The lowest BCUT2D eigenvalue weighted by molar-refractivity contribution is 0.0987. The Morgan fingerprint density at radius 1 is 1.22 bits per heavy atom. The first-order chi connectivity index (χ1) is 10.9. The first kappa shape index (κ1) is 19.0. The van der Waals surface area contributed by atoms with Gasteiger partial charge in [-0.2, -0.15) is 0 Å². The number of carbonyl (C=O) groups is 1. The first-order valence-electron chi connectivity index (χ1n) is 7.95. The van der Waals surface area contributed by atoms with Crippen molar-refractivity contribution in [2.45, 2.75) is 53.4 Å². The molecule has 126 valence electrons. The van der Waals surface area contributed by atoms with E-state index in [0.717, 1.165) is 36.4 Å². The summed E-state index contributed by atoms with van der Waals surface area (Å²) < 4.78 is 26.3. The summed E-state index contributed by atoms with van der Waals surface area (Å²) in [4.78, 5) is 19.4. The average molecular weight is 322 g/mol. The van der Waals surface area contributed by atoms with Crippen LogP contribution in [0.15, 0.2) is 18.2 Å². The van der Waals surface area contributed by atoms with Gasteiger partial charge in [0.15, 0.2) is 5.78 Å². The summed E-state index contributed by atoms with van der Waals surface area (Å²) in [6.07, 6.45) is 3.03. The van der Waals surface area contributed by atoms with Crippen LogP contribution in [-0.4, -0.2) is 15.8 Å². The van der Waals surface area contributed by atoms with Crippen molar-refractivity contribution in [3.05, 3.63) is 52.6 Å². The lowest BCUT2D eigenvalue weighted by atomic mass is 10.1. The van der Waals surface area contributed by atoms with Gasteiger partial charge in [0.25, 0.3) is 0 Å². The number of imidazole rings is 1. The van der Waals surface area contributed by atoms with E-state index in [9.17, 15) is 13.6 Å². The molecule has 5 heteroatoms. The number of nitrogens with one attached hydrogen (secondary N) is 1. The number of nitrogens with zero attached hydrogens (tertiary/aromatic N) is 1. The molecule has 0 atom stereocenters. The minimum absolute atomic E-state index is 0.0207. The number of carbonyl (C=O) groups excluding carboxylic acids is 1. The van der Waals surface area contributed by atoms with Crippen LogP contribution in [0.5, 0.6) is 0 Å². The number of H-pyrrole nitrogens is 1. The third kappa shape index (κ3) is 5.58. The minimum Gasteiger partial charge on any atom is -0.345 e. The molecular formula is C18H24F2N2O. The van der Waals surface area contributed by atoms with E-state index >= 15 is 0 Å². The summed E-state index contributed by atoms with van der Waals surface area (Å²) in [6, 6.07) is 2.95. The van der Waals surface area contributed by atoms with Gasteiger partial charge in [-0.1, -0.05) is 33.6 Å². The van der Waals surface area contributed by atoms with E-state index in [-0.39, 0.29) is 12.0 Å². The van der Waals surface area contributed by atoms with Gasteiger partial charge < -0.3 is 4.98 Å². The maximum atomic E-state index is 13.5. The minimum atomic E-state index is -0.841. The molecule has 0 saturated heterocycles. The number of hydrogen-bond acceptors (Lipinski definition) is 2. The normalized spacial score (nSPS) is 10.2. The molecule has 0 aliphatic carbocycles. The molecular weight excluding hydrogens is 298 g/mol. The lowest BCUT2D eigenvalue weighted by Crippen LogP contribution is -2.07. The highest BCUT2D eigenvalue weighted by Gasteiger charge is 2.15. The van der Waals surface area contributed by atoms with Crippen LogP contribution in [0.2, 0.25) is 0 Å². The predicted octanol–water partition coefficient (Wildman–Crippen LogP) is 4.79. The fourth-order valence-corrected chi connectivity index (χ4v) is 2.09.